The van der Waals surface area contributed by atoms with Gasteiger partial charge in [0.1, 0.15) is 0 Å². The SMILES string of the molecule is CCCC1CN(CCc2cc(OC)c(OC)c(OC)c2)CCCN1CCCC(=O)Nc1cc(OC)c(OC)c(OC)c1. The summed E-state index contributed by atoms with van der Waals surface area (Å²) in [5.41, 5.74) is 1.78. The molecule has 42 heavy (non-hydrogen) atoms. The third-order valence-electron chi connectivity index (χ3n) is 7.77. The molecule has 2 aromatic rings. The van der Waals surface area contributed by atoms with Crippen LogP contribution in [0, 0.1) is 0 Å². The second-order valence-electron chi connectivity index (χ2n) is 10.5. The Balaban J connectivity index is 1.55. The Labute approximate surface area is 251 Å². The summed E-state index contributed by atoms with van der Waals surface area (Å²) in [5, 5.41) is 2.98. The average Bonchev–Trinajstić information content (AvgIpc) is 3.20. The molecule has 1 amide bonds. The fourth-order valence-electron chi connectivity index (χ4n) is 5.68. The number of carbonyl (C=O) groups excluding carboxylic acids is 1. The van der Waals surface area contributed by atoms with E-state index in [1.807, 2.05) is 12.1 Å². The number of methoxy groups -OCH3 is 6. The van der Waals surface area contributed by atoms with E-state index < -0.39 is 0 Å². The number of nitrogens with one attached hydrogen (secondary N) is 1. The molecule has 1 unspecified atom stereocenters. The summed E-state index contributed by atoms with van der Waals surface area (Å²) in [4.78, 5) is 18.0. The molecule has 1 fully saturated rings. The number of hydrogen-bond donors (Lipinski definition) is 1. The number of carbonyl (C=O) groups is 1. The fourth-order valence-corrected chi connectivity index (χ4v) is 5.68. The third kappa shape index (κ3) is 8.82. The lowest BCUT2D eigenvalue weighted by Crippen LogP contribution is -2.42. The number of ether oxygens (including phenoxy) is 6. The molecule has 0 saturated carbocycles. The van der Waals surface area contributed by atoms with Crippen molar-refractivity contribution in [2.45, 2.75) is 51.5 Å². The fraction of sp³-hybridized carbons (Fsp3) is 0.594. The van der Waals surface area contributed by atoms with Crippen molar-refractivity contribution in [1.82, 2.24) is 9.80 Å². The molecule has 0 radical (unpaired) electrons. The highest BCUT2D eigenvalue weighted by Crippen LogP contribution is 2.40. The highest BCUT2D eigenvalue weighted by Gasteiger charge is 2.24. The van der Waals surface area contributed by atoms with Crippen LogP contribution in [0.3, 0.4) is 0 Å². The van der Waals surface area contributed by atoms with E-state index in [4.69, 9.17) is 28.4 Å². The molecule has 1 N–H and O–H groups in total. The zero-order valence-electron chi connectivity index (χ0n) is 26.4. The zero-order chi connectivity index (χ0) is 30.5. The van der Waals surface area contributed by atoms with E-state index in [-0.39, 0.29) is 5.91 Å². The van der Waals surface area contributed by atoms with Crippen molar-refractivity contribution >= 4 is 11.6 Å². The molecule has 0 bridgehead atoms. The molecule has 0 aromatic heterocycles. The van der Waals surface area contributed by atoms with Crippen molar-refractivity contribution in [2.75, 3.05) is 80.7 Å². The molecular weight excluding hydrogens is 538 g/mol. The van der Waals surface area contributed by atoms with Gasteiger partial charge in [-0.25, -0.2) is 0 Å². The second kappa shape index (κ2) is 16.9. The maximum atomic E-state index is 12.8. The molecule has 1 atom stereocenters. The summed E-state index contributed by atoms with van der Waals surface area (Å²) in [6.45, 7) is 7.23. The average molecular weight is 588 g/mol. The molecular formula is C32H49N3O7. The Kier molecular flexibility index (Phi) is 13.3. The van der Waals surface area contributed by atoms with Gasteiger partial charge in [0.2, 0.25) is 17.4 Å². The minimum atomic E-state index is -0.0295. The molecule has 234 valence electrons. The van der Waals surface area contributed by atoms with E-state index >= 15 is 0 Å². The summed E-state index contributed by atoms with van der Waals surface area (Å²) in [7, 11) is 9.60. The minimum absolute atomic E-state index is 0.0295. The Hall–Kier alpha value is -3.37. The third-order valence-corrected chi connectivity index (χ3v) is 7.77. The first kappa shape index (κ1) is 33.1. The zero-order valence-corrected chi connectivity index (χ0v) is 26.4. The second-order valence-corrected chi connectivity index (χ2v) is 10.5. The van der Waals surface area contributed by atoms with Crippen molar-refractivity contribution in [1.29, 1.82) is 0 Å². The Morgan fingerprint density at radius 3 is 1.90 bits per heavy atom. The van der Waals surface area contributed by atoms with Crippen LogP contribution in [0.5, 0.6) is 34.5 Å². The lowest BCUT2D eigenvalue weighted by atomic mass is 10.1. The maximum Gasteiger partial charge on any atom is 0.224 e. The molecule has 2 aromatic carbocycles. The topological polar surface area (TPSA) is 91.0 Å². The summed E-state index contributed by atoms with van der Waals surface area (Å²) < 4.78 is 32.7. The van der Waals surface area contributed by atoms with Crippen LogP contribution in [0.4, 0.5) is 5.69 Å². The van der Waals surface area contributed by atoms with Gasteiger partial charge >= 0.3 is 0 Å². The quantitative estimate of drug-likeness (QED) is 0.295. The highest BCUT2D eigenvalue weighted by atomic mass is 16.5. The normalized spacial score (nSPS) is 15.9. The standard InChI is InChI=1S/C32H49N3O7/c1-8-11-25-22-34(17-13-23-18-26(37-2)31(41-6)27(19-23)38-3)14-10-16-35(25)15-9-12-30(36)33-24-20-28(39-4)32(42-7)29(21-24)40-5/h18-21,25H,8-17,22H2,1-7H3,(H,33,36). The van der Waals surface area contributed by atoms with Gasteiger partial charge in [-0.2, -0.15) is 0 Å². The van der Waals surface area contributed by atoms with Gasteiger partial charge in [0, 0.05) is 43.4 Å². The number of anilines is 1. The summed E-state index contributed by atoms with van der Waals surface area (Å²) in [6.07, 6.45) is 5.50. The number of hydrogen-bond acceptors (Lipinski definition) is 9. The first-order valence-corrected chi connectivity index (χ1v) is 14.8. The number of nitrogens with zero attached hydrogens (tertiary/aromatic N) is 2. The van der Waals surface area contributed by atoms with E-state index in [9.17, 15) is 4.79 Å². The lowest BCUT2D eigenvalue weighted by molar-refractivity contribution is -0.116. The van der Waals surface area contributed by atoms with Gasteiger partial charge < -0.3 is 38.6 Å². The van der Waals surface area contributed by atoms with Crippen LogP contribution < -0.4 is 33.7 Å². The summed E-state index contributed by atoms with van der Waals surface area (Å²) in [6, 6.07) is 8.04. The largest absolute Gasteiger partial charge is 0.493 e. The summed E-state index contributed by atoms with van der Waals surface area (Å²) >= 11 is 0. The van der Waals surface area contributed by atoms with E-state index in [0.29, 0.717) is 52.6 Å². The van der Waals surface area contributed by atoms with Crippen molar-refractivity contribution in [3.05, 3.63) is 29.8 Å². The minimum Gasteiger partial charge on any atom is -0.493 e. The molecule has 1 saturated heterocycles. The van der Waals surface area contributed by atoms with Gasteiger partial charge in [-0.05, 0) is 63.0 Å². The van der Waals surface area contributed by atoms with Gasteiger partial charge in [-0.1, -0.05) is 13.3 Å². The van der Waals surface area contributed by atoms with Crippen LogP contribution >= 0.6 is 0 Å². The van der Waals surface area contributed by atoms with Gasteiger partial charge in [0.25, 0.3) is 0 Å². The Morgan fingerprint density at radius 2 is 1.38 bits per heavy atom. The van der Waals surface area contributed by atoms with Crippen molar-refractivity contribution in [3.63, 3.8) is 0 Å². The van der Waals surface area contributed by atoms with Crippen LogP contribution in [0.15, 0.2) is 24.3 Å². The first-order chi connectivity index (χ1) is 20.4. The smallest absolute Gasteiger partial charge is 0.224 e. The number of rotatable bonds is 16. The molecule has 10 heteroatoms. The van der Waals surface area contributed by atoms with E-state index in [1.54, 1.807) is 54.8 Å². The molecule has 10 nitrogen and oxygen atoms in total. The molecule has 1 aliphatic rings. The Bertz CT molecular complexity index is 1090. The molecule has 0 aliphatic carbocycles. The predicted octanol–water partition coefficient (Wildman–Crippen LogP) is 4.88. The van der Waals surface area contributed by atoms with Crippen LogP contribution in [0.25, 0.3) is 0 Å². The van der Waals surface area contributed by atoms with Gasteiger partial charge in [0.05, 0.1) is 42.7 Å². The van der Waals surface area contributed by atoms with Crippen LogP contribution in [-0.4, -0.2) is 97.1 Å². The van der Waals surface area contributed by atoms with Gasteiger partial charge in [-0.15, -0.1) is 0 Å². The van der Waals surface area contributed by atoms with E-state index in [0.717, 1.165) is 70.4 Å². The van der Waals surface area contributed by atoms with E-state index in [1.165, 1.54) is 0 Å². The van der Waals surface area contributed by atoms with Crippen molar-refractivity contribution in [3.8, 4) is 34.5 Å². The number of amides is 1. The van der Waals surface area contributed by atoms with Crippen molar-refractivity contribution in [2.24, 2.45) is 0 Å². The number of benzene rings is 2. The maximum absolute atomic E-state index is 12.8. The van der Waals surface area contributed by atoms with Gasteiger partial charge in [0.15, 0.2) is 23.0 Å². The van der Waals surface area contributed by atoms with E-state index in [2.05, 4.69) is 22.0 Å². The first-order valence-electron chi connectivity index (χ1n) is 14.8. The van der Waals surface area contributed by atoms with Gasteiger partial charge in [-0.3, -0.25) is 9.69 Å². The predicted molar refractivity (Wildman–Crippen MR) is 165 cm³/mol. The molecule has 3 rings (SSSR count). The monoisotopic (exact) mass is 587 g/mol. The summed E-state index contributed by atoms with van der Waals surface area (Å²) in [5.74, 6) is 3.48. The lowest BCUT2D eigenvalue weighted by Gasteiger charge is -2.31. The van der Waals surface area contributed by atoms with Crippen molar-refractivity contribution < 1.29 is 33.2 Å². The Morgan fingerprint density at radius 1 is 0.810 bits per heavy atom. The highest BCUT2D eigenvalue weighted by molar-refractivity contribution is 5.91. The van der Waals surface area contributed by atoms with Crippen LogP contribution in [0.2, 0.25) is 0 Å². The molecule has 1 aliphatic heterocycles. The molecule has 0 spiro atoms. The van der Waals surface area contributed by atoms with Crippen LogP contribution in [-0.2, 0) is 11.2 Å². The molecule has 1 heterocycles. The van der Waals surface area contributed by atoms with Crippen LogP contribution in [0.1, 0.15) is 44.6 Å².